The molecule has 0 radical (unpaired) electrons. The number of carbonyl (C=O) groups excluding carboxylic acids is 1. The lowest BCUT2D eigenvalue weighted by Gasteiger charge is -2.25. The van der Waals surface area contributed by atoms with Crippen molar-refractivity contribution in [2.45, 2.75) is 37.5 Å². The topological polar surface area (TPSA) is 66.5 Å². The molecule has 0 spiro atoms. The number of amides is 1. The summed E-state index contributed by atoms with van der Waals surface area (Å²) in [5.74, 6) is -0.837. The van der Waals surface area contributed by atoms with Crippen LogP contribution in [0.15, 0.2) is 47.4 Å². The number of piperidine rings is 1. The van der Waals surface area contributed by atoms with E-state index in [1.165, 1.54) is 28.6 Å². The second kappa shape index (κ2) is 8.19. The third-order valence-electron chi connectivity index (χ3n) is 4.64. The van der Waals surface area contributed by atoms with Crippen LogP contribution in [0.4, 0.5) is 10.1 Å². The van der Waals surface area contributed by atoms with Gasteiger partial charge in [-0.25, -0.2) is 12.8 Å². The van der Waals surface area contributed by atoms with Crippen LogP contribution in [-0.2, 0) is 21.2 Å². The van der Waals surface area contributed by atoms with E-state index < -0.39 is 15.8 Å². The van der Waals surface area contributed by atoms with Crippen LogP contribution in [0.3, 0.4) is 0 Å². The molecule has 0 atom stereocenters. The van der Waals surface area contributed by atoms with E-state index in [-0.39, 0.29) is 22.9 Å². The van der Waals surface area contributed by atoms with Gasteiger partial charge in [0, 0.05) is 13.1 Å². The van der Waals surface area contributed by atoms with E-state index in [0.29, 0.717) is 18.7 Å². The Morgan fingerprint density at radius 3 is 2.37 bits per heavy atom. The van der Waals surface area contributed by atoms with Gasteiger partial charge in [0.05, 0.1) is 17.0 Å². The van der Waals surface area contributed by atoms with Crippen molar-refractivity contribution in [2.75, 3.05) is 18.4 Å². The van der Waals surface area contributed by atoms with Crippen LogP contribution < -0.4 is 5.32 Å². The Bertz CT molecular complexity index is 921. The van der Waals surface area contributed by atoms with E-state index in [1.54, 1.807) is 25.1 Å². The number of nitrogens with one attached hydrogen (secondary N) is 1. The molecule has 1 N–H and O–H groups in total. The Labute approximate surface area is 159 Å². The minimum absolute atomic E-state index is 0.0390. The van der Waals surface area contributed by atoms with Gasteiger partial charge in [-0.3, -0.25) is 4.79 Å². The zero-order chi connectivity index (χ0) is 19.4. The molecule has 144 valence electrons. The van der Waals surface area contributed by atoms with Crippen molar-refractivity contribution in [3.8, 4) is 0 Å². The second-order valence-electron chi connectivity index (χ2n) is 6.82. The minimum Gasteiger partial charge on any atom is -0.323 e. The number of hydrogen-bond donors (Lipinski definition) is 1. The number of sulfonamides is 1. The summed E-state index contributed by atoms with van der Waals surface area (Å²) in [6.45, 7) is 2.87. The van der Waals surface area contributed by atoms with Gasteiger partial charge in [0.2, 0.25) is 15.9 Å². The normalized spacial score (nSPS) is 15.5. The molecule has 0 aliphatic carbocycles. The third-order valence-corrected chi connectivity index (χ3v) is 6.55. The molecule has 1 heterocycles. The molecular weight excluding hydrogens is 367 g/mol. The molecule has 7 heteroatoms. The first kappa shape index (κ1) is 19.5. The first-order valence-electron chi connectivity index (χ1n) is 9.01. The molecule has 3 rings (SSSR count). The first-order valence-corrected chi connectivity index (χ1v) is 10.5. The average molecular weight is 390 g/mol. The largest absolute Gasteiger partial charge is 0.323 e. The van der Waals surface area contributed by atoms with Crippen LogP contribution >= 0.6 is 0 Å². The van der Waals surface area contributed by atoms with Crippen LogP contribution in [0.2, 0.25) is 0 Å². The zero-order valence-corrected chi connectivity index (χ0v) is 16.1. The number of carbonyl (C=O) groups is 1. The smallest absolute Gasteiger partial charge is 0.243 e. The summed E-state index contributed by atoms with van der Waals surface area (Å²) in [5, 5.41) is 2.54. The molecule has 1 amide bonds. The summed E-state index contributed by atoms with van der Waals surface area (Å²) in [7, 11) is -3.48. The quantitative estimate of drug-likeness (QED) is 0.850. The fourth-order valence-corrected chi connectivity index (χ4v) is 4.65. The number of nitrogens with zero attached hydrogens (tertiary/aromatic N) is 1. The van der Waals surface area contributed by atoms with Gasteiger partial charge < -0.3 is 5.32 Å². The fraction of sp³-hybridized carbons (Fsp3) is 0.350. The molecule has 27 heavy (non-hydrogen) atoms. The average Bonchev–Trinajstić information content (AvgIpc) is 2.65. The lowest BCUT2D eigenvalue weighted by atomic mass is 10.1. The molecule has 5 nitrogen and oxygen atoms in total. The van der Waals surface area contributed by atoms with Gasteiger partial charge in [0.1, 0.15) is 5.82 Å². The second-order valence-corrected chi connectivity index (χ2v) is 8.75. The van der Waals surface area contributed by atoms with Gasteiger partial charge in [-0.1, -0.05) is 24.6 Å². The molecule has 1 saturated heterocycles. The molecule has 0 saturated carbocycles. The molecule has 1 aliphatic heterocycles. The van der Waals surface area contributed by atoms with Gasteiger partial charge in [0.25, 0.3) is 0 Å². The van der Waals surface area contributed by atoms with Crippen LogP contribution in [0, 0.1) is 12.7 Å². The molecule has 1 aliphatic rings. The lowest BCUT2D eigenvalue weighted by molar-refractivity contribution is -0.115. The maximum Gasteiger partial charge on any atom is 0.243 e. The molecule has 0 aromatic heterocycles. The maximum atomic E-state index is 13.8. The molecule has 2 aromatic rings. The zero-order valence-electron chi connectivity index (χ0n) is 15.2. The van der Waals surface area contributed by atoms with Gasteiger partial charge in [-0.15, -0.1) is 0 Å². The highest BCUT2D eigenvalue weighted by Gasteiger charge is 2.25. The molecule has 1 fully saturated rings. The fourth-order valence-electron chi connectivity index (χ4n) is 3.13. The van der Waals surface area contributed by atoms with Gasteiger partial charge >= 0.3 is 0 Å². The maximum absolute atomic E-state index is 13.8. The predicted molar refractivity (Wildman–Crippen MR) is 103 cm³/mol. The number of aryl methyl sites for hydroxylation is 1. The highest BCUT2D eigenvalue weighted by Crippen LogP contribution is 2.21. The van der Waals surface area contributed by atoms with Crippen molar-refractivity contribution < 1.29 is 17.6 Å². The van der Waals surface area contributed by atoms with Crippen molar-refractivity contribution in [3.05, 3.63) is 59.4 Å². The van der Waals surface area contributed by atoms with E-state index in [9.17, 15) is 17.6 Å². The van der Waals surface area contributed by atoms with Crippen LogP contribution in [-0.4, -0.2) is 31.7 Å². The number of anilines is 1. The van der Waals surface area contributed by atoms with Gasteiger partial charge in [-0.2, -0.15) is 4.31 Å². The Hall–Kier alpha value is -2.25. The Kier molecular flexibility index (Phi) is 5.92. The van der Waals surface area contributed by atoms with E-state index in [1.807, 2.05) is 0 Å². The number of hydrogen-bond acceptors (Lipinski definition) is 3. The van der Waals surface area contributed by atoms with Crippen molar-refractivity contribution in [1.29, 1.82) is 0 Å². The highest BCUT2D eigenvalue weighted by atomic mass is 32.2. The van der Waals surface area contributed by atoms with Crippen molar-refractivity contribution in [1.82, 2.24) is 4.31 Å². The summed E-state index contributed by atoms with van der Waals surface area (Å²) in [5.41, 5.74) is 1.57. The van der Waals surface area contributed by atoms with Crippen LogP contribution in [0.1, 0.15) is 30.4 Å². The van der Waals surface area contributed by atoms with E-state index in [0.717, 1.165) is 24.8 Å². The van der Waals surface area contributed by atoms with Crippen molar-refractivity contribution in [2.24, 2.45) is 0 Å². The monoisotopic (exact) mass is 390 g/mol. The number of rotatable bonds is 5. The number of benzene rings is 2. The minimum atomic E-state index is -3.48. The Morgan fingerprint density at radius 1 is 1.07 bits per heavy atom. The SMILES string of the molecule is Cc1ccc(NC(=O)Cc2ccc(S(=O)(=O)N3CCCCC3)cc2)c(F)c1. The third kappa shape index (κ3) is 4.73. The molecular formula is C20H23FN2O3S. The molecule has 0 bridgehead atoms. The summed E-state index contributed by atoms with van der Waals surface area (Å²) in [6, 6.07) is 10.9. The predicted octanol–water partition coefficient (Wildman–Crippen LogP) is 3.49. The summed E-state index contributed by atoms with van der Waals surface area (Å²) >= 11 is 0. The molecule has 2 aromatic carbocycles. The summed E-state index contributed by atoms with van der Waals surface area (Å²) in [4.78, 5) is 12.4. The van der Waals surface area contributed by atoms with Crippen LogP contribution in [0.5, 0.6) is 0 Å². The Balaban J connectivity index is 1.65. The highest BCUT2D eigenvalue weighted by molar-refractivity contribution is 7.89. The lowest BCUT2D eigenvalue weighted by Crippen LogP contribution is -2.35. The first-order chi connectivity index (χ1) is 12.9. The van der Waals surface area contributed by atoms with Gasteiger partial charge in [-0.05, 0) is 55.2 Å². The molecule has 0 unspecified atom stereocenters. The standard InChI is InChI=1S/C20H23FN2O3S/c1-15-5-10-19(18(21)13-15)22-20(24)14-16-6-8-17(9-7-16)27(25,26)23-11-3-2-4-12-23/h5-10,13H,2-4,11-12,14H2,1H3,(H,22,24). The van der Waals surface area contributed by atoms with Crippen molar-refractivity contribution >= 4 is 21.6 Å². The van der Waals surface area contributed by atoms with Gasteiger partial charge in [0.15, 0.2) is 0 Å². The van der Waals surface area contributed by atoms with E-state index in [4.69, 9.17) is 0 Å². The van der Waals surface area contributed by atoms with Crippen molar-refractivity contribution in [3.63, 3.8) is 0 Å². The Morgan fingerprint density at radius 2 is 1.74 bits per heavy atom. The van der Waals surface area contributed by atoms with E-state index >= 15 is 0 Å². The summed E-state index contributed by atoms with van der Waals surface area (Å²) in [6.07, 6.45) is 2.86. The number of halogens is 1. The summed E-state index contributed by atoms with van der Waals surface area (Å²) < 4.78 is 40.6. The van der Waals surface area contributed by atoms with Crippen LogP contribution in [0.25, 0.3) is 0 Å². The van der Waals surface area contributed by atoms with E-state index in [2.05, 4.69) is 5.32 Å².